The predicted molar refractivity (Wildman–Crippen MR) is 53.6 cm³/mol. The largest absolute Gasteiger partial charge is 0.325 e. The van der Waals surface area contributed by atoms with Gasteiger partial charge in [0, 0.05) is 18.2 Å². The first-order chi connectivity index (χ1) is 6.68. The van der Waals surface area contributed by atoms with Gasteiger partial charge in [-0.1, -0.05) is 0 Å². The van der Waals surface area contributed by atoms with Crippen LogP contribution in [0.4, 0.5) is 5.69 Å². The van der Waals surface area contributed by atoms with Gasteiger partial charge in [-0.3, -0.25) is 9.78 Å². The molecular weight excluding hydrogens is 178 g/mol. The Hall–Kier alpha value is -1.42. The Morgan fingerprint density at radius 1 is 1.64 bits per heavy atom. The number of rotatable bonds is 3. The number of carbonyl (C=O) groups excluding carboxylic acids is 1. The third kappa shape index (κ3) is 2.29. The third-order valence-corrected chi connectivity index (χ3v) is 2.35. The molecule has 0 unspecified atom stereocenters. The summed E-state index contributed by atoms with van der Waals surface area (Å²) in [5, 5.41) is 2.76. The number of pyridine rings is 1. The van der Waals surface area contributed by atoms with Crippen LogP contribution in [-0.4, -0.2) is 16.4 Å². The second kappa shape index (κ2) is 3.38. The van der Waals surface area contributed by atoms with E-state index in [1.807, 2.05) is 0 Å². The quantitative estimate of drug-likeness (QED) is 0.745. The zero-order valence-corrected chi connectivity index (χ0v) is 7.86. The predicted octanol–water partition coefficient (Wildman–Crippen LogP) is 0.901. The van der Waals surface area contributed by atoms with E-state index in [1.54, 1.807) is 24.5 Å². The fraction of sp³-hybridized carbons (Fsp3) is 0.400. The number of hydrogen-bond acceptors (Lipinski definition) is 3. The van der Waals surface area contributed by atoms with Gasteiger partial charge in [-0.2, -0.15) is 0 Å². The van der Waals surface area contributed by atoms with Gasteiger partial charge in [-0.25, -0.2) is 0 Å². The topological polar surface area (TPSA) is 68.0 Å². The van der Waals surface area contributed by atoms with Crippen molar-refractivity contribution in [3.8, 4) is 0 Å². The van der Waals surface area contributed by atoms with Crippen LogP contribution in [0, 0.1) is 0 Å². The van der Waals surface area contributed by atoms with Gasteiger partial charge in [0.1, 0.15) is 0 Å². The van der Waals surface area contributed by atoms with E-state index in [-0.39, 0.29) is 11.4 Å². The molecular formula is C10H13N3O. The van der Waals surface area contributed by atoms with Crippen molar-refractivity contribution in [1.82, 2.24) is 4.98 Å². The van der Waals surface area contributed by atoms with Gasteiger partial charge in [0.15, 0.2) is 0 Å². The van der Waals surface area contributed by atoms with Crippen molar-refractivity contribution in [3.05, 3.63) is 24.5 Å². The minimum Gasteiger partial charge on any atom is -0.325 e. The van der Waals surface area contributed by atoms with Crippen molar-refractivity contribution >= 4 is 11.6 Å². The van der Waals surface area contributed by atoms with Crippen LogP contribution >= 0.6 is 0 Å². The van der Waals surface area contributed by atoms with Crippen molar-refractivity contribution in [2.75, 3.05) is 5.32 Å². The standard InChI is InChI=1S/C10H13N3O/c11-10(3-4-10)6-9(14)13-8-2-1-5-12-7-8/h1-2,5,7H,3-4,6,11H2,(H,13,14). The number of nitrogens with two attached hydrogens (primary N) is 1. The molecule has 1 heterocycles. The van der Waals surface area contributed by atoms with Crippen molar-refractivity contribution in [2.45, 2.75) is 24.8 Å². The highest BCUT2D eigenvalue weighted by Gasteiger charge is 2.39. The van der Waals surface area contributed by atoms with Crippen LogP contribution in [0.3, 0.4) is 0 Å². The van der Waals surface area contributed by atoms with Crippen LogP contribution in [0.15, 0.2) is 24.5 Å². The first-order valence-electron chi connectivity index (χ1n) is 4.67. The summed E-state index contributed by atoms with van der Waals surface area (Å²) in [7, 11) is 0. The van der Waals surface area contributed by atoms with E-state index in [1.165, 1.54) is 0 Å². The maximum atomic E-state index is 11.4. The Kier molecular flexibility index (Phi) is 2.21. The Morgan fingerprint density at radius 2 is 2.43 bits per heavy atom. The molecule has 0 radical (unpaired) electrons. The minimum absolute atomic E-state index is 0.0296. The van der Waals surface area contributed by atoms with Crippen molar-refractivity contribution < 1.29 is 4.79 Å². The maximum Gasteiger partial charge on any atom is 0.226 e. The molecule has 1 fully saturated rings. The summed E-state index contributed by atoms with van der Waals surface area (Å²) in [5.74, 6) is -0.0296. The highest BCUT2D eigenvalue weighted by atomic mass is 16.1. The number of anilines is 1. The molecule has 1 aliphatic rings. The van der Waals surface area contributed by atoms with E-state index in [4.69, 9.17) is 5.73 Å². The van der Waals surface area contributed by atoms with Gasteiger partial charge in [-0.05, 0) is 25.0 Å². The van der Waals surface area contributed by atoms with Crippen molar-refractivity contribution in [2.24, 2.45) is 5.73 Å². The Labute approximate surface area is 82.5 Å². The summed E-state index contributed by atoms with van der Waals surface area (Å²) < 4.78 is 0. The van der Waals surface area contributed by atoms with Crippen LogP contribution < -0.4 is 11.1 Å². The molecule has 1 aromatic rings. The number of nitrogens with one attached hydrogen (secondary N) is 1. The molecule has 1 aromatic heterocycles. The molecule has 4 nitrogen and oxygen atoms in total. The van der Waals surface area contributed by atoms with E-state index in [9.17, 15) is 4.79 Å². The van der Waals surface area contributed by atoms with Gasteiger partial charge in [0.25, 0.3) is 0 Å². The number of hydrogen-bond donors (Lipinski definition) is 2. The zero-order chi connectivity index (χ0) is 10.0. The van der Waals surface area contributed by atoms with E-state index in [2.05, 4.69) is 10.3 Å². The van der Waals surface area contributed by atoms with E-state index in [0.717, 1.165) is 18.5 Å². The highest BCUT2D eigenvalue weighted by Crippen LogP contribution is 2.35. The number of nitrogens with zero attached hydrogens (tertiary/aromatic N) is 1. The molecule has 3 N–H and O–H groups in total. The molecule has 74 valence electrons. The normalized spacial score (nSPS) is 17.5. The van der Waals surface area contributed by atoms with E-state index < -0.39 is 0 Å². The molecule has 1 saturated carbocycles. The molecule has 0 atom stereocenters. The summed E-state index contributed by atoms with van der Waals surface area (Å²) in [6.07, 6.45) is 5.60. The molecule has 0 aliphatic heterocycles. The molecule has 0 spiro atoms. The smallest absolute Gasteiger partial charge is 0.226 e. The molecule has 1 aliphatic carbocycles. The van der Waals surface area contributed by atoms with Crippen LogP contribution in [-0.2, 0) is 4.79 Å². The Bertz CT molecular complexity index is 332. The summed E-state index contributed by atoms with van der Waals surface area (Å²) in [6.45, 7) is 0. The second-order valence-electron chi connectivity index (χ2n) is 3.83. The SMILES string of the molecule is NC1(CC(=O)Nc2cccnc2)CC1. The first kappa shape index (κ1) is 9.15. The number of amides is 1. The first-order valence-corrected chi connectivity index (χ1v) is 4.67. The van der Waals surface area contributed by atoms with Gasteiger partial charge in [0.05, 0.1) is 11.9 Å². The molecule has 14 heavy (non-hydrogen) atoms. The molecule has 0 saturated heterocycles. The molecule has 0 bridgehead atoms. The third-order valence-electron chi connectivity index (χ3n) is 2.35. The Morgan fingerprint density at radius 3 is 3.00 bits per heavy atom. The van der Waals surface area contributed by atoms with Gasteiger partial charge in [0.2, 0.25) is 5.91 Å². The average molecular weight is 191 g/mol. The molecule has 1 amide bonds. The monoisotopic (exact) mass is 191 g/mol. The van der Waals surface area contributed by atoms with E-state index in [0.29, 0.717) is 6.42 Å². The van der Waals surface area contributed by atoms with Crippen molar-refractivity contribution in [3.63, 3.8) is 0 Å². The van der Waals surface area contributed by atoms with Crippen molar-refractivity contribution in [1.29, 1.82) is 0 Å². The summed E-state index contributed by atoms with van der Waals surface area (Å²) >= 11 is 0. The lowest BCUT2D eigenvalue weighted by Gasteiger charge is -2.08. The van der Waals surface area contributed by atoms with Crippen LogP contribution in [0.25, 0.3) is 0 Å². The fourth-order valence-corrected chi connectivity index (χ4v) is 1.30. The number of carbonyl (C=O) groups is 1. The van der Waals surface area contributed by atoms with Crippen LogP contribution in [0.5, 0.6) is 0 Å². The van der Waals surface area contributed by atoms with Gasteiger partial charge in [-0.15, -0.1) is 0 Å². The Balaban J connectivity index is 1.89. The van der Waals surface area contributed by atoms with Gasteiger partial charge < -0.3 is 11.1 Å². The lowest BCUT2D eigenvalue weighted by atomic mass is 10.2. The van der Waals surface area contributed by atoms with Crippen LogP contribution in [0.1, 0.15) is 19.3 Å². The van der Waals surface area contributed by atoms with Gasteiger partial charge >= 0.3 is 0 Å². The van der Waals surface area contributed by atoms with Crippen LogP contribution in [0.2, 0.25) is 0 Å². The lowest BCUT2D eigenvalue weighted by Crippen LogP contribution is -2.28. The number of aromatic nitrogens is 1. The maximum absolute atomic E-state index is 11.4. The average Bonchev–Trinajstić information content (AvgIpc) is 2.84. The highest BCUT2D eigenvalue weighted by molar-refractivity contribution is 5.91. The molecule has 4 heteroatoms. The summed E-state index contributed by atoms with van der Waals surface area (Å²) in [4.78, 5) is 15.4. The summed E-state index contributed by atoms with van der Waals surface area (Å²) in [5.41, 5.74) is 6.32. The second-order valence-corrected chi connectivity index (χ2v) is 3.83. The summed E-state index contributed by atoms with van der Waals surface area (Å²) in [6, 6.07) is 3.59. The lowest BCUT2D eigenvalue weighted by molar-refractivity contribution is -0.116. The zero-order valence-electron chi connectivity index (χ0n) is 7.86. The van der Waals surface area contributed by atoms with E-state index >= 15 is 0 Å². The molecule has 2 rings (SSSR count). The fourth-order valence-electron chi connectivity index (χ4n) is 1.30. The minimum atomic E-state index is -0.230. The molecule has 0 aromatic carbocycles.